The third-order valence-electron chi connectivity index (χ3n) is 5.79. The lowest BCUT2D eigenvalue weighted by molar-refractivity contribution is -0.172. The smallest absolute Gasteiger partial charge is 0.312 e. The van der Waals surface area contributed by atoms with Crippen molar-refractivity contribution in [1.29, 1.82) is 0 Å². The summed E-state index contributed by atoms with van der Waals surface area (Å²) in [4.78, 5) is 13.1. The molecule has 0 aliphatic heterocycles. The van der Waals surface area contributed by atoms with Crippen molar-refractivity contribution in [2.24, 2.45) is 21.7 Å². The molecule has 25 heavy (non-hydrogen) atoms. The van der Waals surface area contributed by atoms with Crippen molar-refractivity contribution in [3.63, 3.8) is 0 Å². The summed E-state index contributed by atoms with van der Waals surface area (Å²) in [6, 6.07) is 0. The van der Waals surface area contributed by atoms with Gasteiger partial charge in [-0.1, -0.05) is 55.4 Å². The predicted molar refractivity (Wildman–Crippen MR) is 107 cm³/mol. The highest BCUT2D eigenvalue weighted by Crippen LogP contribution is 2.47. The second kappa shape index (κ2) is 8.41. The number of carbonyl (C=O) groups is 1. The van der Waals surface area contributed by atoms with Crippen molar-refractivity contribution in [3.8, 4) is 0 Å². The Labute approximate surface area is 157 Å². The van der Waals surface area contributed by atoms with E-state index in [1.54, 1.807) is 0 Å². The summed E-state index contributed by atoms with van der Waals surface area (Å²) >= 11 is 0. The van der Waals surface area contributed by atoms with Gasteiger partial charge in [0.25, 0.3) is 0 Å². The first-order chi connectivity index (χ1) is 11.0. The molecule has 0 rings (SSSR count). The molecular formula is C22H44O3. The van der Waals surface area contributed by atoms with Crippen LogP contribution in [0.1, 0.15) is 95.9 Å². The molecule has 0 aliphatic rings. The lowest BCUT2D eigenvalue weighted by Gasteiger charge is -2.44. The number of hydrogen-bond donors (Lipinski definition) is 0. The molecule has 0 aliphatic carbocycles. The van der Waals surface area contributed by atoms with Crippen LogP contribution in [0.4, 0.5) is 0 Å². The zero-order chi connectivity index (χ0) is 20.3. The molecule has 3 unspecified atom stereocenters. The number of hydrogen-bond acceptors (Lipinski definition) is 3. The lowest BCUT2D eigenvalue weighted by Crippen LogP contribution is -2.46. The molecule has 3 nitrogen and oxygen atoms in total. The van der Waals surface area contributed by atoms with Gasteiger partial charge >= 0.3 is 5.97 Å². The second-order valence-corrected chi connectivity index (χ2v) is 10.7. The minimum absolute atomic E-state index is 0.0359. The van der Waals surface area contributed by atoms with E-state index < -0.39 is 5.41 Å². The monoisotopic (exact) mass is 356 g/mol. The minimum Gasteiger partial charge on any atom is -0.465 e. The Morgan fingerprint density at radius 1 is 0.920 bits per heavy atom. The van der Waals surface area contributed by atoms with Gasteiger partial charge in [-0.3, -0.25) is 4.79 Å². The summed E-state index contributed by atoms with van der Waals surface area (Å²) in [6.07, 6.45) is 1.90. The van der Waals surface area contributed by atoms with E-state index in [-0.39, 0.29) is 34.4 Å². The van der Waals surface area contributed by atoms with E-state index in [0.717, 1.165) is 12.8 Å². The van der Waals surface area contributed by atoms with Crippen LogP contribution in [0.2, 0.25) is 0 Å². The molecule has 0 fully saturated rings. The molecule has 3 heteroatoms. The van der Waals surface area contributed by atoms with Gasteiger partial charge in [0, 0.05) is 5.41 Å². The molecule has 0 heterocycles. The highest BCUT2D eigenvalue weighted by Gasteiger charge is 2.48. The largest absolute Gasteiger partial charge is 0.465 e. The molecule has 0 aromatic rings. The molecule has 0 amide bonds. The van der Waals surface area contributed by atoms with E-state index in [9.17, 15) is 4.79 Å². The summed E-state index contributed by atoms with van der Waals surface area (Å²) in [6.45, 7) is 25.8. The maximum absolute atomic E-state index is 13.1. The van der Waals surface area contributed by atoms with Crippen LogP contribution in [-0.4, -0.2) is 24.8 Å². The van der Waals surface area contributed by atoms with Gasteiger partial charge in [-0.2, -0.15) is 0 Å². The molecule has 0 aromatic carbocycles. The van der Waals surface area contributed by atoms with Gasteiger partial charge in [0.15, 0.2) is 0 Å². The Bertz CT molecular complexity index is 428. The Balaban J connectivity index is 5.31. The summed E-state index contributed by atoms with van der Waals surface area (Å²) < 4.78 is 11.9. The van der Waals surface area contributed by atoms with Crippen LogP contribution in [-0.2, 0) is 14.3 Å². The van der Waals surface area contributed by atoms with Crippen molar-refractivity contribution in [1.82, 2.24) is 0 Å². The van der Waals surface area contributed by atoms with Gasteiger partial charge in [0.2, 0.25) is 0 Å². The van der Waals surface area contributed by atoms with E-state index in [1.807, 2.05) is 13.8 Å². The molecule has 0 spiro atoms. The maximum atomic E-state index is 13.1. The van der Waals surface area contributed by atoms with Crippen molar-refractivity contribution in [3.05, 3.63) is 0 Å². The van der Waals surface area contributed by atoms with Crippen LogP contribution in [0, 0.1) is 21.7 Å². The molecule has 3 atom stereocenters. The molecule has 0 saturated carbocycles. The quantitative estimate of drug-likeness (QED) is 0.482. The molecule has 0 N–H and O–H groups in total. The van der Waals surface area contributed by atoms with Crippen molar-refractivity contribution in [2.45, 2.75) is 108 Å². The van der Waals surface area contributed by atoms with Crippen molar-refractivity contribution >= 4 is 5.97 Å². The van der Waals surface area contributed by atoms with Crippen LogP contribution < -0.4 is 0 Å². The summed E-state index contributed by atoms with van der Waals surface area (Å²) in [7, 11) is 0. The SMILES string of the molecule is CCC(C)(COC(=O)C(C)(CC(C)(C)C)C(C)(C)C)C(C)OC(C)C. The first kappa shape index (κ1) is 24.4. The van der Waals surface area contributed by atoms with Gasteiger partial charge in [-0.25, -0.2) is 0 Å². The van der Waals surface area contributed by atoms with Crippen molar-refractivity contribution < 1.29 is 14.3 Å². The van der Waals surface area contributed by atoms with E-state index >= 15 is 0 Å². The minimum atomic E-state index is -0.526. The van der Waals surface area contributed by atoms with Gasteiger partial charge in [0.05, 0.1) is 24.2 Å². The third-order valence-corrected chi connectivity index (χ3v) is 5.79. The van der Waals surface area contributed by atoms with E-state index in [2.05, 4.69) is 69.2 Å². The fourth-order valence-electron chi connectivity index (χ4n) is 3.17. The van der Waals surface area contributed by atoms with Crippen LogP contribution >= 0.6 is 0 Å². The summed E-state index contributed by atoms with van der Waals surface area (Å²) in [5.74, 6) is -0.0913. The standard InChI is InChI=1S/C22H44O3/c1-13-21(11,17(4)25-16(2)3)15-24-18(23)22(12,20(8,9)10)14-19(5,6)7/h16-17H,13-15H2,1-12H3. The molecular weight excluding hydrogens is 312 g/mol. The zero-order valence-electron chi connectivity index (χ0n) is 19.0. The third kappa shape index (κ3) is 6.92. The normalized spacial score (nSPS) is 19.2. The second-order valence-electron chi connectivity index (χ2n) is 10.7. The Hall–Kier alpha value is -0.570. The summed E-state index contributed by atoms with van der Waals surface area (Å²) in [5, 5.41) is 0. The average Bonchev–Trinajstić information content (AvgIpc) is 2.40. The van der Waals surface area contributed by atoms with Gasteiger partial charge in [-0.05, 0) is 51.4 Å². The Morgan fingerprint density at radius 3 is 1.72 bits per heavy atom. The predicted octanol–water partition coefficient (Wildman–Crippen LogP) is 6.25. The molecule has 0 bridgehead atoms. The maximum Gasteiger partial charge on any atom is 0.312 e. The van der Waals surface area contributed by atoms with E-state index in [1.165, 1.54) is 0 Å². The topological polar surface area (TPSA) is 35.5 Å². The van der Waals surface area contributed by atoms with Crippen molar-refractivity contribution in [2.75, 3.05) is 6.61 Å². The van der Waals surface area contributed by atoms with E-state index in [4.69, 9.17) is 9.47 Å². The molecule has 150 valence electrons. The Morgan fingerprint density at radius 2 is 1.40 bits per heavy atom. The van der Waals surface area contributed by atoms with Gasteiger partial charge < -0.3 is 9.47 Å². The molecule has 0 saturated heterocycles. The first-order valence-electron chi connectivity index (χ1n) is 9.81. The lowest BCUT2D eigenvalue weighted by atomic mass is 9.61. The number of rotatable bonds is 8. The highest BCUT2D eigenvalue weighted by molar-refractivity contribution is 5.77. The zero-order valence-corrected chi connectivity index (χ0v) is 19.0. The van der Waals surface area contributed by atoms with Crippen LogP contribution in [0.3, 0.4) is 0 Å². The first-order valence-corrected chi connectivity index (χ1v) is 9.81. The molecule has 0 radical (unpaired) electrons. The van der Waals surface area contributed by atoms with Gasteiger partial charge in [0.1, 0.15) is 0 Å². The van der Waals surface area contributed by atoms with E-state index in [0.29, 0.717) is 6.61 Å². The average molecular weight is 357 g/mol. The molecule has 0 aromatic heterocycles. The van der Waals surface area contributed by atoms with Gasteiger partial charge in [-0.15, -0.1) is 0 Å². The highest BCUT2D eigenvalue weighted by atomic mass is 16.5. The number of carbonyl (C=O) groups excluding carboxylic acids is 1. The Kier molecular flexibility index (Phi) is 8.22. The van der Waals surface area contributed by atoms with Crippen LogP contribution in [0.5, 0.6) is 0 Å². The number of esters is 1. The fourth-order valence-corrected chi connectivity index (χ4v) is 3.17. The number of ether oxygens (including phenoxy) is 2. The van der Waals surface area contributed by atoms with Crippen LogP contribution in [0.15, 0.2) is 0 Å². The fraction of sp³-hybridized carbons (Fsp3) is 0.955. The summed E-state index contributed by atoms with van der Waals surface area (Å²) in [5.41, 5.74) is -0.814. The van der Waals surface area contributed by atoms with Crippen LogP contribution in [0.25, 0.3) is 0 Å².